The number of nitrogens with one attached hydrogen (secondary N) is 2. The minimum atomic E-state index is -2.84. The van der Waals surface area contributed by atoms with E-state index >= 15 is 0 Å². The van der Waals surface area contributed by atoms with Crippen LogP contribution in [0.2, 0.25) is 5.02 Å². The van der Waals surface area contributed by atoms with Crippen molar-refractivity contribution in [1.82, 2.24) is 10.4 Å². The van der Waals surface area contributed by atoms with Gasteiger partial charge in [-0.25, -0.2) is 0 Å². The van der Waals surface area contributed by atoms with Crippen LogP contribution in [0.5, 0.6) is 5.75 Å². The van der Waals surface area contributed by atoms with E-state index in [9.17, 15) is 39.0 Å². The molecule has 0 saturated heterocycles. The number of hydroxylamine groups is 1. The minimum absolute atomic E-state index is 0.0114. The quantitative estimate of drug-likeness (QED) is 0.141. The van der Waals surface area contributed by atoms with Crippen molar-refractivity contribution in [2.45, 2.75) is 49.9 Å². The number of nitrogens with zero attached hydrogens (tertiary/aromatic N) is 2. The number of ketones is 4. The predicted molar refractivity (Wildman–Crippen MR) is 156 cm³/mol. The number of primary amides is 1. The molecule has 15 heteroatoms. The normalized spacial score (nSPS) is 29.9. The molecule has 0 bridgehead atoms. The number of carbonyl (C=O) groups excluding carboxylic acids is 6. The Hall–Kier alpha value is -3.43. The monoisotopic (exact) mass is 633 g/mol. The Kier molecular flexibility index (Phi) is 8.35. The number of phenolic OH excluding ortho intramolecular Hbond substituents is 1. The number of likely N-dealkylation sites (N-methyl/N-ethyl adjacent to an activating group) is 1. The van der Waals surface area contributed by atoms with E-state index in [0.717, 1.165) is 19.3 Å². The largest absolute Gasteiger partial charge is 0.505 e. The van der Waals surface area contributed by atoms with Crippen LogP contribution in [0, 0.1) is 23.7 Å². The number of halogens is 1. The van der Waals surface area contributed by atoms with Gasteiger partial charge in [-0.15, -0.1) is 0 Å². The van der Waals surface area contributed by atoms with Crippen molar-refractivity contribution >= 4 is 57.9 Å². The van der Waals surface area contributed by atoms with Gasteiger partial charge in [-0.3, -0.25) is 38.5 Å². The summed E-state index contributed by atoms with van der Waals surface area (Å²) in [5.41, 5.74) is 5.21. The van der Waals surface area contributed by atoms with Crippen LogP contribution in [-0.4, -0.2) is 103 Å². The molecule has 1 aromatic rings. The van der Waals surface area contributed by atoms with Crippen LogP contribution in [-0.2, 0) is 35.2 Å². The molecule has 0 radical (unpaired) electrons. The maximum absolute atomic E-state index is 14.1. The number of hydrogen-bond donors (Lipinski definition) is 5. The molecular formula is C29H36ClN5O9. The number of aromatic hydroxyl groups is 1. The van der Waals surface area contributed by atoms with Crippen molar-refractivity contribution < 1.29 is 43.8 Å². The molecule has 238 valence electrons. The van der Waals surface area contributed by atoms with Gasteiger partial charge in [-0.2, -0.15) is 5.48 Å². The first kappa shape index (κ1) is 32.0. The van der Waals surface area contributed by atoms with Crippen molar-refractivity contribution in [3.8, 4) is 5.75 Å². The smallest absolute Gasteiger partial charge is 0.240 e. The van der Waals surface area contributed by atoms with E-state index in [1.54, 1.807) is 19.0 Å². The van der Waals surface area contributed by atoms with E-state index < -0.39 is 76.0 Å². The fourth-order valence-electron chi connectivity index (χ4n) is 7.17. The van der Waals surface area contributed by atoms with E-state index in [4.69, 9.17) is 22.2 Å². The number of nitrogens with two attached hydrogens (primary N) is 1. The number of phenols is 1. The second-order valence-electron chi connectivity index (χ2n) is 12.5. The number of anilines is 2. The van der Waals surface area contributed by atoms with Crippen molar-refractivity contribution in [2.75, 3.05) is 45.0 Å². The third kappa shape index (κ3) is 4.79. The summed E-state index contributed by atoms with van der Waals surface area (Å²) in [6.07, 6.45) is 2.72. The van der Waals surface area contributed by atoms with Crippen molar-refractivity contribution in [3.05, 3.63) is 16.1 Å². The molecule has 0 heterocycles. The molecule has 4 aliphatic rings. The van der Waals surface area contributed by atoms with Gasteiger partial charge in [0.05, 0.1) is 34.3 Å². The average Bonchev–Trinajstić information content (AvgIpc) is 2.89. The van der Waals surface area contributed by atoms with Gasteiger partial charge in [-0.05, 0) is 57.7 Å². The molecular weight excluding hydrogens is 598 g/mol. The lowest BCUT2D eigenvalue weighted by Gasteiger charge is -2.52. The van der Waals surface area contributed by atoms with E-state index in [1.165, 1.54) is 19.0 Å². The summed E-state index contributed by atoms with van der Waals surface area (Å²) in [4.78, 5) is 88.2. The SMILES string of the molecule is CN(C)c1c(Cl)c(NC(=O)CNOC2CCC2)c(O)c2c1CC1CC3[C@H](N(C)C)C(=O)C(C(N)=O)C(=O)[C@@]3(O)C(=O)C1C2=O. The Morgan fingerprint density at radius 2 is 1.77 bits per heavy atom. The summed E-state index contributed by atoms with van der Waals surface area (Å²) in [5, 5.41) is 25.6. The van der Waals surface area contributed by atoms with Crippen LogP contribution < -0.4 is 21.4 Å². The topological polar surface area (TPSA) is 209 Å². The number of fused-ring (bicyclic) bond motifs is 3. The molecule has 0 aliphatic heterocycles. The molecule has 3 saturated carbocycles. The van der Waals surface area contributed by atoms with Crippen LogP contribution in [0.25, 0.3) is 0 Å². The first-order valence-electron chi connectivity index (χ1n) is 14.4. The van der Waals surface area contributed by atoms with Crippen LogP contribution in [0.3, 0.4) is 0 Å². The summed E-state index contributed by atoms with van der Waals surface area (Å²) in [6, 6.07) is -1.21. The summed E-state index contributed by atoms with van der Waals surface area (Å²) in [7, 11) is 6.34. The number of Topliss-reactive ketones (excluding diaryl/α,β-unsaturated/α-hetero) is 4. The minimum Gasteiger partial charge on any atom is -0.505 e. The highest BCUT2D eigenvalue weighted by Gasteiger charge is 2.69. The highest BCUT2D eigenvalue weighted by atomic mass is 35.5. The molecule has 5 rings (SSSR count). The molecule has 6 atom stereocenters. The lowest BCUT2D eigenvalue weighted by molar-refractivity contribution is -0.181. The Morgan fingerprint density at radius 1 is 1.11 bits per heavy atom. The fraction of sp³-hybridized carbons (Fsp3) is 0.586. The summed E-state index contributed by atoms with van der Waals surface area (Å²) in [6.45, 7) is -0.277. The highest BCUT2D eigenvalue weighted by Crippen LogP contribution is 2.54. The average molecular weight is 634 g/mol. The molecule has 44 heavy (non-hydrogen) atoms. The second kappa shape index (κ2) is 11.5. The van der Waals surface area contributed by atoms with E-state index in [2.05, 4.69) is 10.8 Å². The van der Waals surface area contributed by atoms with E-state index in [0.29, 0.717) is 11.3 Å². The van der Waals surface area contributed by atoms with Crippen LogP contribution >= 0.6 is 11.6 Å². The zero-order chi connectivity index (χ0) is 32.4. The molecule has 4 unspecified atom stereocenters. The van der Waals surface area contributed by atoms with Crippen LogP contribution in [0.1, 0.15) is 41.6 Å². The maximum atomic E-state index is 14.1. The maximum Gasteiger partial charge on any atom is 0.240 e. The van der Waals surface area contributed by atoms with Crippen molar-refractivity contribution in [3.63, 3.8) is 0 Å². The number of amides is 2. The highest BCUT2D eigenvalue weighted by molar-refractivity contribution is 6.38. The standard InChI is InChI=1S/C29H36ClN5O9/c1-34(2)21-13-8-11-9-14-22(35(3)4)25(39)18(28(31)42)27(41)29(14,43)26(40)16(11)23(37)17(13)24(38)20(19(21)30)33-15(36)10-32-44-12-6-5-7-12/h11-12,14,16,18,22,32,38,43H,5-10H2,1-4H3,(H2,31,42)(H,33,36)/t11?,14?,16?,18?,22-,29-/m0/s1. The lowest BCUT2D eigenvalue weighted by Crippen LogP contribution is -2.74. The number of benzene rings is 1. The lowest BCUT2D eigenvalue weighted by atomic mass is 9.52. The third-order valence-electron chi connectivity index (χ3n) is 9.39. The van der Waals surface area contributed by atoms with Gasteiger partial charge in [0.2, 0.25) is 11.8 Å². The van der Waals surface area contributed by atoms with E-state index in [-0.39, 0.29) is 41.8 Å². The zero-order valence-electron chi connectivity index (χ0n) is 24.8. The molecule has 4 aliphatic carbocycles. The van der Waals surface area contributed by atoms with Gasteiger partial charge >= 0.3 is 0 Å². The Morgan fingerprint density at radius 3 is 2.32 bits per heavy atom. The molecule has 0 aromatic heterocycles. The predicted octanol–water partition coefficient (Wildman–Crippen LogP) is -0.401. The first-order valence-corrected chi connectivity index (χ1v) is 14.8. The van der Waals surface area contributed by atoms with Gasteiger partial charge < -0.3 is 26.2 Å². The fourth-order valence-corrected chi connectivity index (χ4v) is 7.59. The van der Waals surface area contributed by atoms with E-state index in [1.807, 2.05) is 0 Å². The van der Waals surface area contributed by atoms with Crippen molar-refractivity contribution in [1.29, 1.82) is 0 Å². The summed E-state index contributed by atoms with van der Waals surface area (Å²) in [5.74, 6) is -12.5. The van der Waals surface area contributed by atoms with Crippen molar-refractivity contribution in [2.24, 2.45) is 29.4 Å². The molecule has 6 N–H and O–H groups in total. The van der Waals surface area contributed by atoms with Gasteiger partial charge in [0.25, 0.3) is 0 Å². The Bertz CT molecular complexity index is 1480. The Labute approximate surface area is 258 Å². The molecule has 3 fully saturated rings. The first-order chi connectivity index (χ1) is 20.6. The van der Waals surface area contributed by atoms with Gasteiger partial charge in [0.1, 0.15) is 12.2 Å². The molecule has 1 aromatic carbocycles. The number of carbonyl (C=O) groups is 6. The summed E-state index contributed by atoms with van der Waals surface area (Å²) < 4.78 is 0. The number of rotatable bonds is 8. The molecule has 2 amide bonds. The third-order valence-corrected chi connectivity index (χ3v) is 9.76. The van der Waals surface area contributed by atoms with Gasteiger partial charge in [0.15, 0.2) is 40.4 Å². The second-order valence-corrected chi connectivity index (χ2v) is 12.8. The molecule has 0 spiro atoms. The Balaban J connectivity index is 1.55. The van der Waals surface area contributed by atoms with Crippen LogP contribution in [0.15, 0.2) is 0 Å². The number of aliphatic hydroxyl groups is 1. The molecule has 14 nitrogen and oxygen atoms in total. The van der Waals surface area contributed by atoms with Gasteiger partial charge in [-0.1, -0.05) is 11.6 Å². The number of hydrogen-bond acceptors (Lipinski definition) is 12. The zero-order valence-corrected chi connectivity index (χ0v) is 25.6. The summed E-state index contributed by atoms with van der Waals surface area (Å²) >= 11 is 6.71. The van der Waals surface area contributed by atoms with Crippen LogP contribution in [0.4, 0.5) is 11.4 Å². The van der Waals surface area contributed by atoms with Gasteiger partial charge in [0, 0.05) is 20.0 Å².